The highest BCUT2D eigenvalue weighted by Gasteiger charge is 2.49. The fourth-order valence-electron chi connectivity index (χ4n) is 2.46. The maximum Gasteiger partial charge on any atom is 0.318 e. The Bertz CT molecular complexity index is 500. The quantitative estimate of drug-likeness (QED) is 0.514. The van der Waals surface area contributed by atoms with Gasteiger partial charge in [0.05, 0.1) is 30.3 Å². The van der Waals surface area contributed by atoms with Crippen LogP contribution < -0.4 is 0 Å². The van der Waals surface area contributed by atoms with Gasteiger partial charge in [0, 0.05) is 13.1 Å². The zero-order valence-electron chi connectivity index (χ0n) is 11.6. The van der Waals surface area contributed by atoms with Crippen LogP contribution in [0, 0.1) is 11.8 Å². The van der Waals surface area contributed by atoms with Crippen LogP contribution in [0.3, 0.4) is 0 Å². The summed E-state index contributed by atoms with van der Waals surface area (Å²) in [6.07, 6.45) is 0.304. The van der Waals surface area contributed by atoms with Crippen molar-refractivity contribution < 1.29 is 27.5 Å². The lowest BCUT2D eigenvalue weighted by molar-refractivity contribution is -0.153. The molecule has 2 fully saturated rings. The Morgan fingerprint density at radius 3 is 2.60 bits per heavy atom. The summed E-state index contributed by atoms with van der Waals surface area (Å²) in [5.41, 5.74) is 0. The Hall–Kier alpha value is -0.990. The number of ether oxygens (including phenoxy) is 2. The van der Waals surface area contributed by atoms with Gasteiger partial charge < -0.3 is 9.47 Å². The molecule has 0 amide bonds. The molecule has 0 N–H and O–H groups in total. The number of fused-ring (bicyclic) bond motifs is 1. The molecule has 0 aliphatic carbocycles. The number of piperidine rings is 1. The van der Waals surface area contributed by atoms with Crippen molar-refractivity contribution in [1.29, 1.82) is 0 Å². The molecule has 0 saturated carbocycles. The van der Waals surface area contributed by atoms with E-state index in [2.05, 4.69) is 4.74 Å². The molecule has 114 valence electrons. The van der Waals surface area contributed by atoms with Crippen LogP contribution >= 0.6 is 0 Å². The molecule has 0 bridgehead atoms. The maximum absolute atomic E-state index is 12.2. The van der Waals surface area contributed by atoms with E-state index in [0.717, 1.165) is 0 Å². The first-order valence-electron chi connectivity index (χ1n) is 6.66. The van der Waals surface area contributed by atoms with E-state index in [1.54, 1.807) is 0 Å². The van der Waals surface area contributed by atoms with Gasteiger partial charge in [-0.25, -0.2) is 12.7 Å². The van der Waals surface area contributed by atoms with E-state index >= 15 is 0 Å². The van der Waals surface area contributed by atoms with Crippen LogP contribution in [0.15, 0.2) is 0 Å². The molecule has 0 aromatic carbocycles. The van der Waals surface area contributed by atoms with Crippen LogP contribution in [-0.4, -0.2) is 56.2 Å². The lowest BCUT2D eigenvalue weighted by atomic mass is 9.89. The van der Waals surface area contributed by atoms with Crippen molar-refractivity contribution in [2.75, 3.05) is 25.4 Å². The predicted molar refractivity (Wildman–Crippen MR) is 69.1 cm³/mol. The first-order valence-corrected chi connectivity index (χ1v) is 8.27. The molecule has 2 aliphatic heterocycles. The fraction of sp³-hybridized carbons (Fsp3) is 0.833. The van der Waals surface area contributed by atoms with Crippen LogP contribution in [0.25, 0.3) is 0 Å². The largest absolute Gasteiger partial charge is 0.393 e. The summed E-state index contributed by atoms with van der Waals surface area (Å²) < 4.78 is 35.4. The van der Waals surface area contributed by atoms with Gasteiger partial charge >= 0.3 is 11.9 Å². The zero-order valence-corrected chi connectivity index (χ0v) is 12.4. The normalized spacial score (nSPS) is 27.8. The number of carbonyl (C=O) groups excluding carboxylic acids is 2. The van der Waals surface area contributed by atoms with E-state index in [1.165, 1.54) is 4.31 Å². The highest BCUT2D eigenvalue weighted by Crippen LogP contribution is 2.32. The predicted octanol–water partition coefficient (Wildman–Crippen LogP) is -0.237. The first kappa shape index (κ1) is 15.4. The Balaban J connectivity index is 1.97. The molecule has 2 unspecified atom stereocenters. The van der Waals surface area contributed by atoms with E-state index in [4.69, 9.17) is 4.74 Å². The number of rotatable bonds is 5. The van der Waals surface area contributed by atoms with Gasteiger partial charge in [-0.1, -0.05) is 0 Å². The minimum Gasteiger partial charge on any atom is -0.393 e. The summed E-state index contributed by atoms with van der Waals surface area (Å²) in [5.74, 6) is -2.40. The topological polar surface area (TPSA) is 90.0 Å². The van der Waals surface area contributed by atoms with E-state index in [9.17, 15) is 18.0 Å². The van der Waals surface area contributed by atoms with Crippen molar-refractivity contribution in [2.24, 2.45) is 11.8 Å². The van der Waals surface area contributed by atoms with Crippen molar-refractivity contribution in [2.45, 2.75) is 26.4 Å². The Kier molecular flexibility index (Phi) is 4.46. The Labute approximate surface area is 118 Å². The van der Waals surface area contributed by atoms with Gasteiger partial charge in [0.25, 0.3) is 0 Å². The summed E-state index contributed by atoms with van der Waals surface area (Å²) in [6, 6.07) is 0. The average Bonchev–Trinajstić information content (AvgIpc) is 2.64. The smallest absolute Gasteiger partial charge is 0.318 e. The zero-order chi connectivity index (χ0) is 14.9. The highest BCUT2D eigenvalue weighted by atomic mass is 32.2. The van der Waals surface area contributed by atoms with Crippen LogP contribution in [-0.2, 0) is 29.1 Å². The van der Waals surface area contributed by atoms with Gasteiger partial charge in [-0.15, -0.1) is 0 Å². The minimum atomic E-state index is -3.47. The monoisotopic (exact) mass is 305 g/mol. The van der Waals surface area contributed by atoms with Crippen molar-refractivity contribution in [3.63, 3.8) is 0 Å². The molecular weight excluding hydrogens is 286 g/mol. The van der Waals surface area contributed by atoms with Crippen molar-refractivity contribution in [3.05, 3.63) is 0 Å². The second kappa shape index (κ2) is 5.79. The van der Waals surface area contributed by atoms with Gasteiger partial charge in [0.15, 0.2) is 0 Å². The Morgan fingerprint density at radius 2 is 1.95 bits per heavy atom. The van der Waals surface area contributed by atoms with Gasteiger partial charge in [-0.2, -0.15) is 0 Å². The number of sulfonamides is 1. The number of cyclic esters (lactones) is 2. The van der Waals surface area contributed by atoms with Crippen LogP contribution in [0.4, 0.5) is 0 Å². The first-order chi connectivity index (χ1) is 9.31. The van der Waals surface area contributed by atoms with Crippen LogP contribution in [0.1, 0.15) is 20.3 Å². The van der Waals surface area contributed by atoms with Gasteiger partial charge in [-0.05, 0) is 20.3 Å². The van der Waals surface area contributed by atoms with E-state index in [-0.39, 0.29) is 31.6 Å². The summed E-state index contributed by atoms with van der Waals surface area (Å²) in [5, 5.41) is 0. The number of nitrogens with zero attached hydrogens (tertiary/aromatic N) is 1. The third-order valence-corrected chi connectivity index (χ3v) is 5.37. The van der Waals surface area contributed by atoms with Crippen LogP contribution in [0.5, 0.6) is 0 Å². The third-order valence-electron chi connectivity index (χ3n) is 3.57. The SMILES string of the molecule is CC(C)OCCS(=O)(=O)N1CCC2C(=O)OC(=O)C2C1. The number of hydrogen-bond acceptors (Lipinski definition) is 6. The molecule has 20 heavy (non-hydrogen) atoms. The van der Waals surface area contributed by atoms with Crippen LogP contribution in [0.2, 0.25) is 0 Å². The maximum atomic E-state index is 12.2. The lowest BCUT2D eigenvalue weighted by Crippen LogP contribution is -2.46. The summed E-state index contributed by atoms with van der Waals surface area (Å²) >= 11 is 0. The second-order valence-corrected chi connectivity index (χ2v) is 7.42. The fourth-order valence-corrected chi connectivity index (χ4v) is 3.80. The summed E-state index contributed by atoms with van der Waals surface area (Å²) in [7, 11) is -3.47. The number of esters is 2. The van der Waals surface area contributed by atoms with Gasteiger partial charge in [0.1, 0.15) is 0 Å². The molecule has 0 spiro atoms. The number of carbonyl (C=O) groups is 2. The molecular formula is C12H19NO6S. The lowest BCUT2D eigenvalue weighted by Gasteiger charge is -2.30. The van der Waals surface area contributed by atoms with E-state index < -0.39 is 33.8 Å². The molecule has 2 atom stereocenters. The molecule has 8 heteroatoms. The molecule has 0 aromatic heterocycles. The minimum absolute atomic E-state index is 0.0270. The molecule has 0 aromatic rings. The Morgan fingerprint density at radius 1 is 1.30 bits per heavy atom. The van der Waals surface area contributed by atoms with Gasteiger partial charge in [-0.3, -0.25) is 9.59 Å². The summed E-state index contributed by atoms with van der Waals surface area (Å²) in [6.45, 7) is 4.05. The highest BCUT2D eigenvalue weighted by molar-refractivity contribution is 7.89. The molecule has 2 saturated heterocycles. The van der Waals surface area contributed by atoms with E-state index in [1.807, 2.05) is 13.8 Å². The van der Waals surface area contributed by atoms with E-state index in [0.29, 0.717) is 6.42 Å². The van der Waals surface area contributed by atoms with Crippen molar-refractivity contribution in [1.82, 2.24) is 4.31 Å². The summed E-state index contributed by atoms with van der Waals surface area (Å²) in [4.78, 5) is 22.9. The molecule has 2 rings (SSSR count). The van der Waals surface area contributed by atoms with Gasteiger partial charge in [0.2, 0.25) is 10.0 Å². The standard InChI is InChI=1S/C12H19NO6S/c1-8(2)18-5-6-20(16,17)13-4-3-9-10(7-13)12(15)19-11(9)14/h8-10H,3-7H2,1-2H3. The van der Waals surface area contributed by atoms with Crippen molar-refractivity contribution in [3.8, 4) is 0 Å². The molecule has 7 nitrogen and oxygen atoms in total. The average molecular weight is 305 g/mol. The third kappa shape index (κ3) is 3.18. The van der Waals surface area contributed by atoms with Crippen molar-refractivity contribution >= 4 is 22.0 Å². The molecule has 0 radical (unpaired) electrons. The molecule has 2 heterocycles. The molecule has 2 aliphatic rings. The number of hydrogen-bond donors (Lipinski definition) is 0. The second-order valence-electron chi connectivity index (χ2n) is 5.34.